The van der Waals surface area contributed by atoms with Gasteiger partial charge < -0.3 is 5.32 Å². The van der Waals surface area contributed by atoms with E-state index in [1.807, 2.05) is 5.01 Å². The standard InChI is InChI=1S/C27H53N3O2/c1-4-5-6-7-8-9-10-11-12-13-14-15-16-17-18-21-26(31)28-23-20-25-30(2,3)29-24-19-22-27(29)32/h4-25H2,1-3H3/p+1. The average Bonchev–Trinajstić information content (AvgIpc) is 3.21. The van der Waals surface area contributed by atoms with E-state index in [1.165, 1.54) is 89.9 Å². The quantitative estimate of drug-likeness (QED) is 0.162. The highest BCUT2D eigenvalue weighted by molar-refractivity contribution is 5.76. The lowest BCUT2D eigenvalue weighted by Crippen LogP contribution is -2.56. The molecule has 0 saturated carbocycles. The summed E-state index contributed by atoms with van der Waals surface area (Å²) in [5.74, 6) is 0.439. The molecular weight excluding hydrogens is 398 g/mol. The van der Waals surface area contributed by atoms with Gasteiger partial charge in [-0.25, -0.2) is 4.59 Å². The summed E-state index contributed by atoms with van der Waals surface area (Å²) in [6.07, 6.45) is 23.4. The topological polar surface area (TPSA) is 49.4 Å². The minimum absolute atomic E-state index is 0.183. The van der Waals surface area contributed by atoms with E-state index in [-0.39, 0.29) is 11.8 Å². The van der Waals surface area contributed by atoms with Crippen molar-refractivity contribution in [3.8, 4) is 0 Å². The van der Waals surface area contributed by atoms with Crippen LogP contribution in [0.1, 0.15) is 129 Å². The first-order chi connectivity index (χ1) is 15.5. The lowest BCUT2D eigenvalue weighted by Gasteiger charge is -2.37. The average molecular weight is 453 g/mol. The van der Waals surface area contributed by atoms with Crippen molar-refractivity contribution >= 4 is 11.8 Å². The predicted octanol–water partition coefficient (Wildman–Crippen LogP) is 6.37. The van der Waals surface area contributed by atoms with Crippen molar-refractivity contribution in [3.63, 3.8) is 0 Å². The van der Waals surface area contributed by atoms with Crippen LogP contribution in [0.3, 0.4) is 0 Å². The first-order valence-electron chi connectivity index (χ1n) is 13.9. The molecule has 1 fully saturated rings. The van der Waals surface area contributed by atoms with Gasteiger partial charge in [0, 0.05) is 25.8 Å². The molecule has 0 unspecified atom stereocenters. The normalized spacial score (nSPS) is 14.3. The minimum Gasteiger partial charge on any atom is -0.356 e. The van der Waals surface area contributed by atoms with E-state index in [9.17, 15) is 9.59 Å². The van der Waals surface area contributed by atoms with E-state index >= 15 is 0 Å². The fourth-order valence-electron chi connectivity index (χ4n) is 4.77. The molecule has 0 spiro atoms. The molecule has 1 aliphatic rings. The van der Waals surface area contributed by atoms with Crippen LogP contribution in [0.25, 0.3) is 0 Å². The van der Waals surface area contributed by atoms with Crippen molar-refractivity contribution in [2.75, 3.05) is 33.7 Å². The van der Waals surface area contributed by atoms with Gasteiger partial charge in [-0.2, -0.15) is 5.01 Å². The van der Waals surface area contributed by atoms with Crippen LogP contribution in [-0.2, 0) is 9.59 Å². The van der Waals surface area contributed by atoms with Gasteiger partial charge in [-0.05, 0) is 12.8 Å². The van der Waals surface area contributed by atoms with E-state index < -0.39 is 0 Å². The van der Waals surface area contributed by atoms with Crippen molar-refractivity contribution in [3.05, 3.63) is 0 Å². The Hall–Kier alpha value is -1.10. The number of carbonyl (C=O) groups excluding carboxylic acids is 2. The minimum atomic E-state index is 0.183. The molecule has 1 rings (SSSR count). The maximum Gasteiger partial charge on any atom is 0.267 e. The second kappa shape index (κ2) is 18.3. The number of carbonyl (C=O) groups is 2. The van der Waals surface area contributed by atoms with Gasteiger partial charge in [0.25, 0.3) is 5.91 Å². The molecular formula is C27H54N3O2+. The number of rotatable bonds is 21. The molecule has 5 heteroatoms. The van der Waals surface area contributed by atoms with Gasteiger partial charge in [0.2, 0.25) is 5.91 Å². The van der Waals surface area contributed by atoms with Crippen LogP contribution in [-0.4, -0.2) is 55.1 Å². The third kappa shape index (κ3) is 14.1. The number of hydrogen-bond donors (Lipinski definition) is 1. The molecule has 0 aromatic rings. The number of unbranched alkanes of at least 4 members (excludes halogenated alkanes) is 14. The molecule has 1 N–H and O–H groups in total. The summed E-state index contributed by atoms with van der Waals surface area (Å²) >= 11 is 0. The highest BCUT2D eigenvalue weighted by Crippen LogP contribution is 2.17. The van der Waals surface area contributed by atoms with Gasteiger partial charge in [-0.15, -0.1) is 0 Å². The van der Waals surface area contributed by atoms with Crippen LogP contribution in [0.4, 0.5) is 0 Å². The maximum absolute atomic E-state index is 12.0. The van der Waals surface area contributed by atoms with Crippen molar-refractivity contribution in [1.82, 2.24) is 10.3 Å². The van der Waals surface area contributed by atoms with E-state index in [2.05, 4.69) is 26.3 Å². The fraction of sp³-hybridized carbons (Fsp3) is 0.926. The number of amides is 2. The first-order valence-corrected chi connectivity index (χ1v) is 13.9. The molecule has 0 aromatic carbocycles. The molecule has 1 saturated heterocycles. The molecule has 5 nitrogen and oxygen atoms in total. The highest BCUT2D eigenvalue weighted by atomic mass is 16.2. The van der Waals surface area contributed by atoms with Gasteiger partial charge in [0.05, 0.1) is 20.6 Å². The van der Waals surface area contributed by atoms with Crippen molar-refractivity contribution in [2.24, 2.45) is 0 Å². The molecule has 1 aliphatic heterocycles. The molecule has 2 amide bonds. The van der Waals surface area contributed by atoms with Crippen LogP contribution in [0.5, 0.6) is 0 Å². The van der Waals surface area contributed by atoms with E-state index in [0.717, 1.165) is 32.4 Å². The van der Waals surface area contributed by atoms with E-state index in [1.54, 1.807) is 0 Å². The summed E-state index contributed by atoms with van der Waals surface area (Å²) in [5.41, 5.74) is 0. The Bertz CT molecular complexity index is 493. The number of nitrogens with zero attached hydrogens (tertiary/aromatic N) is 2. The highest BCUT2D eigenvalue weighted by Gasteiger charge is 2.33. The smallest absolute Gasteiger partial charge is 0.267 e. The third-order valence-corrected chi connectivity index (χ3v) is 6.91. The van der Waals surface area contributed by atoms with Crippen molar-refractivity contribution in [2.45, 2.75) is 129 Å². The van der Waals surface area contributed by atoms with Crippen molar-refractivity contribution < 1.29 is 14.2 Å². The van der Waals surface area contributed by atoms with Gasteiger partial charge in [-0.3, -0.25) is 9.59 Å². The Morgan fingerprint density at radius 2 is 1.31 bits per heavy atom. The van der Waals surface area contributed by atoms with Gasteiger partial charge >= 0.3 is 0 Å². The zero-order valence-electron chi connectivity index (χ0n) is 21.8. The Kier molecular flexibility index (Phi) is 16.6. The zero-order valence-corrected chi connectivity index (χ0v) is 21.8. The first kappa shape index (κ1) is 28.9. The molecule has 0 aromatic heterocycles. The van der Waals surface area contributed by atoms with Crippen LogP contribution in [0.2, 0.25) is 0 Å². The van der Waals surface area contributed by atoms with E-state index in [4.69, 9.17) is 0 Å². The Morgan fingerprint density at radius 1 is 0.812 bits per heavy atom. The van der Waals surface area contributed by atoms with E-state index in [0.29, 0.717) is 24.0 Å². The maximum atomic E-state index is 12.0. The Morgan fingerprint density at radius 3 is 1.78 bits per heavy atom. The zero-order chi connectivity index (χ0) is 23.5. The number of nitrogens with one attached hydrogen (secondary N) is 1. The van der Waals surface area contributed by atoms with Crippen LogP contribution < -0.4 is 5.32 Å². The second-order valence-electron chi connectivity index (χ2n) is 10.4. The van der Waals surface area contributed by atoms with Gasteiger partial charge in [-0.1, -0.05) is 96.8 Å². The lowest BCUT2D eigenvalue weighted by atomic mass is 10.0. The number of hydrogen-bond acceptors (Lipinski definition) is 2. The Labute approximate surface area is 199 Å². The third-order valence-electron chi connectivity index (χ3n) is 6.91. The van der Waals surface area contributed by atoms with Crippen LogP contribution in [0, 0.1) is 0 Å². The van der Waals surface area contributed by atoms with Crippen molar-refractivity contribution in [1.29, 1.82) is 0 Å². The van der Waals surface area contributed by atoms with Crippen LogP contribution >= 0.6 is 0 Å². The monoisotopic (exact) mass is 452 g/mol. The van der Waals surface area contributed by atoms with Crippen LogP contribution in [0.15, 0.2) is 0 Å². The molecule has 1 heterocycles. The summed E-state index contributed by atoms with van der Waals surface area (Å²) in [6.45, 7) is 4.73. The summed E-state index contributed by atoms with van der Waals surface area (Å²) in [6, 6.07) is 0. The molecule has 0 atom stereocenters. The second-order valence-corrected chi connectivity index (χ2v) is 10.4. The summed E-state index contributed by atoms with van der Waals surface area (Å²) in [7, 11) is 4.17. The van der Waals surface area contributed by atoms with Gasteiger partial charge in [0.1, 0.15) is 6.54 Å². The summed E-state index contributed by atoms with van der Waals surface area (Å²) in [4.78, 5) is 24.0. The molecule has 0 radical (unpaired) electrons. The largest absolute Gasteiger partial charge is 0.356 e. The Balaban J connectivity index is 1.83. The van der Waals surface area contributed by atoms with Gasteiger partial charge in [0.15, 0.2) is 0 Å². The molecule has 0 aliphatic carbocycles. The molecule has 32 heavy (non-hydrogen) atoms. The molecule has 188 valence electrons. The molecule has 0 bridgehead atoms. The number of quaternary nitrogens is 1. The summed E-state index contributed by atoms with van der Waals surface area (Å²) < 4.78 is 0.605. The lowest BCUT2D eigenvalue weighted by molar-refractivity contribution is -0.989. The summed E-state index contributed by atoms with van der Waals surface area (Å²) in [5, 5.41) is 5.01. The fourth-order valence-corrected chi connectivity index (χ4v) is 4.77. The SMILES string of the molecule is CCCCCCCCCCCCCCCCCC(=O)NCCC[N+](C)(C)N1CCCC1=O. The predicted molar refractivity (Wildman–Crippen MR) is 135 cm³/mol.